The van der Waals surface area contributed by atoms with E-state index in [9.17, 15) is 9.18 Å². The van der Waals surface area contributed by atoms with Gasteiger partial charge in [0.2, 0.25) is 0 Å². The summed E-state index contributed by atoms with van der Waals surface area (Å²) in [6.07, 6.45) is 0. The second kappa shape index (κ2) is 5.06. The summed E-state index contributed by atoms with van der Waals surface area (Å²) in [5.41, 5.74) is 6.52. The maximum absolute atomic E-state index is 13.0. The monoisotopic (exact) mass is 264 g/mol. The lowest BCUT2D eigenvalue weighted by Gasteiger charge is -2.08. The van der Waals surface area contributed by atoms with Crippen LogP contribution in [0.3, 0.4) is 0 Å². The number of rotatable bonds is 2. The molecule has 0 aromatic heterocycles. The average Bonchev–Trinajstić information content (AvgIpc) is 2.32. The Morgan fingerprint density at radius 1 is 1.22 bits per heavy atom. The first-order valence-corrected chi connectivity index (χ1v) is 5.56. The fourth-order valence-corrected chi connectivity index (χ4v) is 1.67. The van der Waals surface area contributed by atoms with Crippen LogP contribution in [0.1, 0.15) is 10.4 Å². The van der Waals surface area contributed by atoms with Crippen LogP contribution in [0.4, 0.5) is 15.8 Å². The molecule has 3 N–H and O–H groups in total. The Balaban J connectivity index is 2.25. The van der Waals surface area contributed by atoms with Crippen LogP contribution in [-0.2, 0) is 0 Å². The molecule has 0 aliphatic rings. The van der Waals surface area contributed by atoms with Crippen LogP contribution in [0, 0.1) is 5.82 Å². The number of amides is 1. The predicted molar refractivity (Wildman–Crippen MR) is 70.2 cm³/mol. The van der Waals surface area contributed by atoms with Gasteiger partial charge in [-0.1, -0.05) is 23.7 Å². The maximum atomic E-state index is 13.0. The smallest absolute Gasteiger partial charge is 0.257 e. The van der Waals surface area contributed by atoms with E-state index in [1.807, 2.05) is 0 Å². The van der Waals surface area contributed by atoms with Gasteiger partial charge in [-0.3, -0.25) is 4.79 Å². The highest BCUT2D eigenvalue weighted by Gasteiger charge is 2.11. The van der Waals surface area contributed by atoms with Crippen molar-refractivity contribution in [1.29, 1.82) is 0 Å². The minimum Gasteiger partial charge on any atom is -0.397 e. The standard InChI is InChI=1S/C13H10ClFN2O/c14-11-6-2-5-10(12(11)16)13(18)17-9-4-1-3-8(15)7-9/h1-7H,16H2,(H,17,18). The van der Waals surface area contributed by atoms with Gasteiger partial charge in [0.05, 0.1) is 16.3 Å². The summed E-state index contributed by atoms with van der Waals surface area (Å²) < 4.78 is 13.0. The number of benzene rings is 2. The number of hydrogen-bond acceptors (Lipinski definition) is 2. The van der Waals surface area contributed by atoms with Gasteiger partial charge in [-0.25, -0.2) is 4.39 Å². The van der Waals surface area contributed by atoms with E-state index in [1.54, 1.807) is 24.3 Å². The fraction of sp³-hybridized carbons (Fsp3) is 0. The summed E-state index contributed by atoms with van der Waals surface area (Å²) in [6, 6.07) is 10.4. The highest BCUT2D eigenvalue weighted by molar-refractivity contribution is 6.34. The van der Waals surface area contributed by atoms with Gasteiger partial charge in [-0.2, -0.15) is 0 Å². The molecule has 0 saturated carbocycles. The Bertz CT molecular complexity index is 601. The molecule has 92 valence electrons. The van der Waals surface area contributed by atoms with E-state index in [0.717, 1.165) is 0 Å². The summed E-state index contributed by atoms with van der Waals surface area (Å²) in [6.45, 7) is 0. The van der Waals surface area contributed by atoms with E-state index in [0.29, 0.717) is 10.7 Å². The Hall–Kier alpha value is -2.07. The Morgan fingerprint density at radius 2 is 1.94 bits per heavy atom. The van der Waals surface area contributed by atoms with Gasteiger partial charge < -0.3 is 11.1 Å². The molecule has 2 aromatic rings. The SMILES string of the molecule is Nc1c(Cl)cccc1C(=O)Nc1cccc(F)c1. The third-order valence-electron chi connectivity index (χ3n) is 2.38. The van der Waals surface area contributed by atoms with Crippen molar-refractivity contribution in [2.75, 3.05) is 11.1 Å². The van der Waals surface area contributed by atoms with Crippen LogP contribution in [0.15, 0.2) is 42.5 Å². The van der Waals surface area contributed by atoms with Crippen LogP contribution in [0.2, 0.25) is 5.02 Å². The maximum Gasteiger partial charge on any atom is 0.257 e. The van der Waals surface area contributed by atoms with E-state index in [4.69, 9.17) is 17.3 Å². The van der Waals surface area contributed by atoms with Gasteiger partial charge >= 0.3 is 0 Å². The molecule has 5 heteroatoms. The zero-order chi connectivity index (χ0) is 13.1. The summed E-state index contributed by atoms with van der Waals surface area (Å²) >= 11 is 5.82. The highest BCUT2D eigenvalue weighted by Crippen LogP contribution is 2.23. The molecule has 1 amide bonds. The highest BCUT2D eigenvalue weighted by atomic mass is 35.5. The van der Waals surface area contributed by atoms with Crippen molar-refractivity contribution in [3.05, 3.63) is 58.9 Å². The summed E-state index contributed by atoms with van der Waals surface area (Å²) in [4.78, 5) is 11.9. The molecule has 0 spiro atoms. The number of nitrogen functional groups attached to an aromatic ring is 1. The van der Waals surface area contributed by atoms with Gasteiger partial charge in [0.15, 0.2) is 0 Å². The van der Waals surface area contributed by atoms with Crippen molar-refractivity contribution in [1.82, 2.24) is 0 Å². The Kier molecular flexibility index (Phi) is 3.48. The second-order valence-corrected chi connectivity index (χ2v) is 4.07. The lowest BCUT2D eigenvalue weighted by Crippen LogP contribution is -2.14. The normalized spacial score (nSPS) is 10.1. The minimum atomic E-state index is -0.430. The molecule has 2 aromatic carbocycles. The minimum absolute atomic E-state index is 0.202. The van der Waals surface area contributed by atoms with Crippen molar-refractivity contribution in [3.8, 4) is 0 Å². The molecule has 0 aliphatic carbocycles. The van der Waals surface area contributed by atoms with Gasteiger partial charge in [-0.15, -0.1) is 0 Å². The van der Waals surface area contributed by atoms with Gasteiger partial charge in [-0.05, 0) is 30.3 Å². The van der Waals surface area contributed by atoms with Gasteiger partial charge in [0.1, 0.15) is 5.82 Å². The molecule has 2 rings (SSSR count). The van der Waals surface area contributed by atoms with Gasteiger partial charge in [0, 0.05) is 5.69 Å². The first-order chi connectivity index (χ1) is 8.58. The molecule has 0 heterocycles. The Labute approximate surface area is 108 Å². The molecule has 0 fully saturated rings. The van der Waals surface area contributed by atoms with Crippen molar-refractivity contribution in [2.45, 2.75) is 0 Å². The van der Waals surface area contributed by atoms with E-state index >= 15 is 0 Å². The molecule has 0 aliphatic heterocycles. The molecule has 18 heavy (non-hydrogen) atoms. The third-order valence-corrected chi connectivity index (χ3v) is 2.71. The molecule has 0 radical (unpaired) electrons. The second-order valence-electron chi connectivity index (χ2n) is 3.67. The third kappa shape index (κ3) is 2.60. The summed E-state index contributed by atoms with van der Waals surface area (Å²) in [5.74, 6) is -0.854. The first-order valence-electron chi connectivity index (χ1n) is 5.19. The van der Waals surface area contributed by atoms with Crippen molar-refractivity contribution >= 4 is 28.9 Å². The van der Waals surface area contributed by atoms with Crippen molar-refractivity contribution < 1.29 is 9.18 Å². The molecular formula is C13H10ClFN2O. The number of nitrogens with one attached hydrogen (secondary N) is 1. The van der Waals surface area contributed by atoms with Crippen LogP contribution in [0.25, 0.3) is 0 Å². The number of carbonyl (C=O) groups is 1. The number of halogens is 2. The number of hydrogen-bond donors (Lipinski definition) is 2. The van der Waals surface area contributed by atoms with Crippen LogP contribution in [-0.4, -0.2) is 5.91 Å². The largest absolute Gasteiger partial charge is 0.397 e. The van der Waals surface area contributed by atoms with E-state index in [1.165, 1.54) is 18.2 Å². The number of carbonyl (C=O) groups excluding carboxylic acids is 1. The first kappa shape index (κ1) is 12.4. The van der Waals surface area contributed by atoms with Crippen LogP contribution < -0.4 is 11.1 Å². The molecule has 0 saturated heterocycles. The van der Waals surface area contributed by atoms with Gasteiger partial charge in [0.25, 0.3) is 5.91 Å². The van der Waals surface area contributed by atoms with E-state index in [-0.39, 0.29) is 11.3 Å². The lowest BCUT2D eigenvalue weighted by molar-refractivity contribution is 0.102. The van der Waals surface area contributed by atoms with Crippen molar-refractivity contribution in [2.24, 2.45) is 0 Å². The summed E-state index contributed by atoms with van der Waals surface area (Å²) in [7, 11) is 0. The average molecular weight is 265 g/mol. The number of anilines is 2. The quantitative estimate of drug-likeness (QED) is 0.818. The fourth-order valence-electron chi connectivity index (χ4n) is 1.50. The lowest BCUT2D eigenvalue weighted by atomic mass is 10.1. The number of para-hydroxylation sites is 1. The molecule has 0 bridgehead atoms. The molecule has 3 nitrogen and oxygen atoms in total. The van der Waals surface area contributed by atoms with E-state index in [2.05, 4.69) is 5.32 Å². The zero-order valence-electron chi connectivity index (χ0n) is 9.28. The predicted octanol–water partition coefficient (Wildman–Crippen LogP) is 3.31. The van der Waals surface area contributed by atoms with Crippen molar-refractivity contribution in [3.63, 3.8) is 0 Å². The van der Waals surface area contributed by atoms with Crippen LogP contribution >= 0.6 is 11.6 Å². The summed E-state index contributed by atoms with van der Waals surface area (Å²) in [5, 5.41) is 2.86. The topological polar surface area (TPSA) is 55.1 Å². The number of nitrogens with two attached hydrogens (primary N) is 1. The zero-order valence-corrected chi connectivity index (χ0v) is 10.0. The van der Waals surface area contributed by atoms with E-state index < -0.39 is 11.7 Å². The molecular weight excluding hydrogens is 255 g/mol. The van der Waals surface area contributed by atoms with Crippen LogP contribution in [0.5, 0.6) is 0 Å². The Morgan fingerprint density at radius 3 is 2.67 bits per heavy atom. The molecule has 0 atom stereocenters. The molecule has 0 unspecified atom stereocenters.